The highest BCUT2D eigenvalue weighted by molar-refractivity contribution is 6.46. The first kappa shape index (κ1) is 29.6. The van der Waals surface area contributed by atoms with Crippen molar-refractivity contribution in [2.24, 2.45) is 10.3 Å². The number of fused-ring (bicyclic) bond motifs is 3. The van der Waals surface area contributed by atoms with Gasteiger partial charge in [0.05, 0.1) is 0 Å². The van der Waals surface area contributed by atoms with E-state index in [9.17, 15) is 19.2 Å². The van der Waals surface area contributed by atoms with Gasteiger partial charge in [0.1, 0.15) is 17.5 Å². The zero-order chi connectivity index (χ0) is 28.5. The molecule has 39 heavy (non-hydrogen) atoms. The highest BCUT2D eigenvalue weighted by Crippen LogP contribution is 2.46. The quantitative estimate of drug-likeness (QED) is 0.134. The Balaban J connectivity index is 1.96. The minimum absolute atomic E-state index is 0.177. The first-order valence-electron chi connectivity index (χ1n) is 13.1. The number of rotatable bonds is 13. The molecule has 0 amide bonds. The molecule has 0 saturated heterocycles. The average Bonchev–Trinajstić information content (AvgIpc) is 3.24. The van der Waals surface area contributed by atoms with Crippen molar-refractivity contribution in [3.05, 3.63) is 58.7 Å². The van der Waals surface area contributed by atoms with E-state index in [2.05, 4.69) is 10.3 Å². The minimum Gasteiger partial charge on any atom is -0.372 e. The predicted octanol–water partition coefficient (Wildman–Crippen LogP) is 5.99. The van der Waals surface area contributed by atoms with Crippen LogP contribution < -0.4 is 0 Å². The molecule has 0 N–H and O–H groups in total. The number of unbranched alkanes of at least 4 members (excludes halogenated alkanes) is 2. The molecule has 0 heterocycles. The Morgan fingerprint density at radius 1 is 0.718 bits per heavy atom. The minimum atomic E-state index is -0.596. The van der Waals surface area contributed by atoms with Gasteiger partial charge < -0.3 is 14.4 Å². The van der Waals surface area contributed by atoms with Crippen LogP contribution in [-0.4, -0.2) is 42.0 Å². The zero-order valence-corrected chi connectivity index (χ0v) is 23.0. The second kappa shape index (κ2) is 13.7. The van der Waals surface area contributed by atoms with Gasteiger partial charge >= 0.3 is 11.9 Å². The van der Waals surface area contributed by atoms with Crippen LogP contribution in [0.25, 0.3) is 11.1 Å². The summed E-state index contributed by atoms with van der Waals surface area (Å²) in [4.78, 5) is 58.7. The van der Waals surface area contributed by atoms with Crippen LogP contribution in [0.1, 0.15) is 104 Å². The molecular weight excluding hydrogens is 500 g/mol. The number of benzene rings is 2. The van der Waals surface area contributed by atoms with Gasteiger partial charge in [-0.15, -0.1) is 0 Å². The molecule has 2 aromatic carbocycles. The van der Waals surface area contributed by atoms with Crippen LogP contribution >= 0.6 is 0 Å². The molecule has 0 saturated carbocycles. The number of methoxy groups -OCH3 is 1. The van der Waals surface area contributed by atoms with E-state index in [4.69, 9.17) is 14.4 Å². The van der Waals surface area contributed by atoms with Crippen molar-refractivity contribution in [1.29, 1.82) is 0 Å². The second-order valence-corrected chi connectivity index (χ2v) is 9.33. The fraction of sp³-hybridized carbons (Fsp3) is 0.400. The van der Waals surface area contributed by atoms with Crippen LogP contribution in [0.2, 0.25) is 0 Å². The van der Waals surface area contributed by atoms with Gasteiger partial charge in [0.15, 0.2) is 0 Å². The Labute approximate surface area is 228 Å². The number of Topliss-reactive ketones (excluding diaryl/α,β-unsaturated/α-hetero) is 2. The lowest BCUT2D eigenvalue weighted by Gasteiger charge is -2.13. The van der Waals surface area contributed by atoms with E-state index in [0.717, 1.165) is 47.9 Å². The van der Waals surface area contributed by atoms with Crippen LogP contribution in [0.5, 0.6) is 0 Å². The molecule has 9 nitrogen and oxygen atoms in total. The monoisotopic (exact) mass is 534 g/mol. The zero-order valence-electron chi connectivity index (χ0n) is 23.0. The van der Waals surface area contributed by atoms with Crippen molar-refractivity contribution in [2.45, 2.75) is 72.3 Å². The van der Waals surface area contributed by atoms with Gasteiger partial charge in [-0.05, 0) is 60.1 Å². The van der Waals surface area contributed by atoms with Crippen molar-refractivity contribution < 1.29 is 33.6 Å². The molecule has 0 aliphatic heterocycles. The van der Waals surface area contributed by atoms with E-state index in [-0.39, 0.29) is 23.0 Å². The number of hydrogen-bond acceptors (Lipinski definition) is 9. The maximum atomic E-state index is 13.3. The van der Waals surface area contributed by atoms with E-state index in [1.165, 1.54) is 13.8 Å². The van der Waals surface area contributed by atoms with Gasteiger partial charge in [-0.25, -0.2) is 9.59 Å². The summed E-state index contributed by atoms with van der Waals surface area (Å²) in [6.45, 7) is 6.46. The molecule has 9 heteroatoms. The lowest BCUT2D eigenvalue weighted by molar-refractivity contribution is -0.141. The van der Waals surface area contributed by atoms with Crippen LogP contribution in [0.15, 0.2) is 46.7 Å². The Hall–Kier alpha value is -3.98. The van der Waals surface area contributed by atoms with Crippen molar-refractivity contribution >= 4 is 34.9 Å². The lowest BCUT2D eigenvalue weighted by atomic mass is 9.97. The largest absolute Gasteiger partial charge is 0.372 e. The molecular formula is C30H34N2O7. The molecule has 0 bridgehead atoms. The second-order valence-electron chi connectivity index (χ2n) is 9.33. The van der Waals surface area contributed by atoms with Crippen LogP contribution in [0.4, 0.5) is 0 Å². The Morgan fingerprint density at radius 2 is 1.13 bits per heavy atom. The number of nitrogens with zero attached hydrogens (tertiary/aromatic N) is 2. The molecule has 0 aromatic heterocycles. The summed E-state index contributed by atoms with van der Waals surface area (Å²) >= 11 is 0. The third-order valence-electron chi connectivity index (χ3n) is 6.35. The first-order valence-corrected chi connectivity index (χ1v) is 13.1. The van der Waals surface area contributed by atoms with E-state index in [1.54, 1.807) is 31.4 Å². The van der Waals surface area contributed by atoms with E-state index in [0.29, 0.717) is 24.0 Å². The van der Waals surface area contributed by atoms with Gasteiger partial charge in [-0.2, -0.15) is 0 Å². The summed E-state index contributed by atoms with van der Waals surface area (Å²) in [5.41, 5.74) is 4.50. The van der Waals surface area contributed by atoms with E-state index in [1.807, 2.05) is 26.0 Å². The summed E-state index contributed by atoms with van der Waals surface area (Å²) in [5.74, 6) is -1.84. The predicted molar refractivity (Wildman–Crippen MR) is 147 cm³/mol. The molecule has 0 radical (unpaired) electrons. The third-order valence-corrected chi connectivity index (χ3v) is 6.35. The van der Waals surface area contributed by atoms with Gasteiger partial charge in [-0.1, -0.05) is 61.3 Å². The van der Waals surface area contributed by atoms with Crippen molar-refractivity contribution in [2.75, 3.05) is 7.11 Å². The Bertz CT molecular complexity index is 1230. The topological polar surface area (TPSA) is 121 Å². The van der Waals surface area contributed by atoms with Crippen molar-refractivity contribution in [1.82, 2.24) is 0 Å². The summed E-state index contributed by atoms with van der Waals surface area (Å²) in [5, 5.41) is 7.62. The molecule has 0 unspecified atom stereocenters. The fourth-order valence-electron chi connectivity index (χ4n) is 4.42. The average molecular weight is 535 g/mol. The number of ketones is 2. The van der Waals surface area contributed by atoms with Crippen LogP contribution in [-0.2, 0) is 24.0 Å². The molecule has 3 rings (SSSR count). The number of carbonyl (C=O) groups excluding carboxylic acids is 4. The summed E-state index contributed by atoms with van der Waals surface area (Å²) in [7, 11) is 1.57. The van der Waals surface area contributed by atoms with Crippen molar-refractivity contribution in [3.63, 3.8) is 0 Å². The van der Waals surface area contributed by atoms with Gasteiger partial charge in [0, 0.05) is 32.1 Å². The summed E-state index contributed by atoms with van der Waals surface area (Å²) in [6, 6.07) is 10.6. The summed E-state index contributed by atoms with van der Waals surface area (Å²) < 4.78 is 5.82. The third kappa shape index (κ3) is 7.11. The highest BCUT2D eigenvalue weighted by atomic mass is 16.7. The van der Waals surface area contributed by atoms with E-state index < -0.39 is 18.0 Å². The normalized spacial score (nSPS) is 14.4. The summed E-state index contributed by atoms with van der Waals surface area (Å²) in [6.07, 6.45) is 3.41. The number of hydrogen-bond donors (Lipinski definition) is 0. The number of oxime groups is 2. The molecule has 0 atom stereocenters. The number of carbonyl (C=O) groups is 4. The maximum Gasteiger partial charge on any atom is 0.331 e. The molecule has 1 aliphatic carbocycles. The number of ether oxygens (including phenoxy) is 1. The van der Waals surface area contributed by atoms with Crippen LogP contribution in [0, 0.1) is 0 Å². The van der Waals surface area contributed by atoms with Crippen LogP contribution in [0.3, 0.4) is 0 Å². The van der Waals surface area contributed by atoms with Gasteiger partial charge in [-0.3, -0.25) is 9.59 Å². The highest BCUT2D eigenvalue weighted by Gasteiger charge is 2.31. The SMILES string of the molecule is CCCC/C(=N\OC(C)=O)C(=O)c1ccc2c(c1)C(OC)c1cc(C(=O)/C(CCCC)=N/OC(C)=O)ccc1-2. The molecule has 206 valence electrons. The molecule has 0 fully saturated rings. The Kier molecular flexibility index (Phi) is 10.4. The molecule has 0 spiro atoms. The lowest BCUT2D eigenvalue weighted by Crippen LogP contribution is -2.16. The first-order chi connectivity index (χ1) is 18.7. The van der Waals surface area contributed by atoms with Gasteiger partial charge in [0.2, 0.25) is 11.6 Å². The standard InChI is InChI=1S/C30H34N2O7/c1-6-8-10-26(31-38-18(3)33)28(35)20-12-14-22-23-15-13-21(17-25(23)30(37-5)24(22)16-20)29(36)27(11-9-7-2)32-39-19(4)34/h12-17,30H,6-11H2,1-5H3/b31-26+,32-27+. The van der Waals surface area contributed by atoms with Gasteiger partial charge in [0.25, 0.3) is 0 Å². The fourth-order valence-corrected chi connectivity index (χ4v) is 4.42. The smallest absolute Gasteiger partial charge is 0.331 e. The van der Waals surface area contributed by atoms with Crippen molar-refractivity contribution in [3.8, 4) is 11.1 Å². The molecule has 1 aliphatic rings. The molecule has 2 aromatic rings. The van der Waals surface area contributed by atoms with E-state index >= 15 is 0 Å². The maximum absolute atomic E-state index is 13.3. The Morgan fingerprint density at radius 3 is 1.46 bits per heavy atom.